The standard InChI is InChI=1S/C13H14FN3O2S/c1-3-15-11(18)8(2)20-13-17-16-12(19-13)9-4-6-10(14)7-5-9/h4-8H,3H2,1-2H3,(H,15,18)/t8-/m1/s1. The maximum Gasteiger partial charge on any atom is 0.277 e. The molecule has 0 saturated carbocycles. The van der Waals surface area contributed by atoms with Crippen LogP contribution in [0.1, 0.15) is 13.8 Å². The van der Waals surface area contributed by atoms with E-state index >= 15 is 0 Å². The number of amides is 1. The van der Waals surface area contributed by atoms with Crippen molar-refractivity contribution in [1.29, 1.82) is 0 Å². The van der Waals surface area contributed by atoms with Gasteiger partial charge in [-0.3, -0.25) is 4.79 Å². The molecule has 0 radical (unpaired) electrons. The zero-order valence-electron chi connectivity index (χ0n) is 11.1. The Labute approximate surface area is 120 Å². The van der Waals surface area contributed by atoms with Gasteiger partial charge in [-0.25, -0.2) is 4.39 Å². The molecule has 0 saturated heterocycles. The van der Waals surface area contributed by atoms with Crippen molar-refractivity contribution in [3.8, 4) is 11.5 Å². The Balaban J connectivity index is 2.05. The third kappa shape index (κ3) is 3.57. The second kappa shape index (κ2) is 6.51. The highest BCUT2D eigenvalue weighted by atomic mass is 32.2. The van der Waals surface area contributed by atoms with Gasteiger partial charge in [0.25, 0.3) is 5.22 Å². The van der Waals surface area contributed by atoms with Crippen LogP contribution in [0.25, 0.3) is 11.5 Å². The van der Waals surface area contributed by atoms with Crippen LogP contribution in [0.4, 0.5) is 4.39 Å². The van der Waals surface area contributed by atoms with Gasteiger partial charge in [0.15, 0.2) is 0 Å². The summed E-state index contributed by atoms with van der Waals surface area (Å²) in [6.45, 7) is 4.19. The van der Waals surface area contributed by atoms with E-state index in [9.17, 15) is 9.18 Å². The molecule has 0 aliphatic carbocycles. The minimum Gasteiger partial charge on any atom is -0.411 e. The zero-order chi connectivity index (χ0) is 14.5. The molecule has 0 aliphatic rings. The van der Waals surface area contributed by atoms with Crippen molar-refractivity contribution in [3.63, 3.8) is 0 Å². The fraction of sp³-hybridized carbons (Fsp3) is 0.308. The van der Waals surface area contributed by atoms with Crippen molar-refractivity contribution in [1.82, 2.24) is 15.5 Å². The van der Waals surface area contributed by atoms with Crippen molar-refractivity contribution in [3.05, 3.63) is 30.1 Å². The van der Waals surface area contributed by atoms with Crippen molar-refractivity contribution < 1.29 is 13.6 Å². The molecule has 1 amide bonds. The number of benzene rings is 1. The molecule has 0 fully saturated rings. The number of halogens is 1. The Hall–Kier alpha value is -1.89. The number of hydrogen-bond acceptors (Lipinski definition) is 5. The fourth-order valence-electron chi connectivity index (χ4n) is 1.49. The number of nitrogens with one attached hydrogen (secondary N) is 1. The van der Waals surface area contributed by atoms with Crippen molar-refractivity contribution in [2.45, 2.75) is 24.3 Å². The first-order valence-corrected chi connectivity index (χ1v) is 7.02. The molecule has 106 valence electrons. The Morgan fingerprint density at radius 3 is 2.75 bits per heavy atom. The number of rotatable bonds is 5. The van der Waals surface area contributed by atoms with Crippen molar-refractivity contribution in [2.75, 3.05) is 6.54 Å². The molecule has 20 heavy (non-hydrogen) atoms. The second-order valence-corrected chi connectivity index (χ2v) is 5.33. The van der Waals surface area contributed by atoms with Crippen LogP contribution in [0.5, 0.6) is 0 Å². The number of hydrogen-bond donors (Lipinski definition) is 1. The third-order valence-corrected chi connectivity index (χ3v) is 3.43. The topological polar surface area (TPSA) is 68.0 Å². The third-order valence-electron chi connectivity index (χ3n) is 2.50. The number of nitrogens with zero attached hydrogens (tertiary/aromatic N) is 2. The molecule has 5 nitrogen and oxygen atoms in total. The van der Waals surface area contributed by atoms with Crippen LogP contribution in [-0.2, 0) is 4.79 Å². The average Bonchev–Trinajstić information content (AvgIpc) is 2.88. The maximum absolute atomic E-state index is 12.8. The summed E-state index contributed by atoms with van der Waals surface area (Å²) >= 11 is 1.18. The molecular formula is C13H14FN3O2S. The molecule has 1 aromatic carbocycles. The highest BCUT2D eigenvalue weighted by molar-refractivity contribution is 8.00. The number of carbonyl (C=O) groups is 1. The van der Waals surface area contributed by atoms with Gasteiger partial charge in [0.05, 0.1) is 5.25 Å². The lowest BCUT2D eigenvalue weighted by molar-refractivity contribution is -0.120. The van der Waals surface area contributed by atoms with E-state index in [0.717, 1.165) is 0 Å². The first-order valence-electron chi connectivity index (χ1n) is 6.14. The van der Waals surface area contributed by atoms with Gasteiger partial charge in [-0.1, -0.05) is 11.8 Å². The summed E-state index contributed by atoms with van der Waals surface area (Å²) in [4.78, 5) is 11.6. The Kier molecular flexibility index (Phi) is 4.73. The maximum atomic E-state index is 12.8. The molecule has 1 atom stereocenters. The van der Waals surface area contributed by atoms with Gasteiger partial charge >= 0.3 is 0 Å². The molecule has 2 aromatic rings. The molecule has 1 aromatic heterocycles. The quantitative estimate of drug-likeness (QED) is 0.858. The van der Waals surface area contributed by atoms with E-state index in [-0.39, 0.29) is 17.0 Å². The Morgan fingerprint density at radius 2 is 2.10 bits per heavy atom. The summed E-state index contributed by atoms with van der Waals surface area (Å²) in [6.07, 6.45) is 0. The van der Waals surface area contributed by atoms with E-state index in [1.807, 2.05) is 6.92 Å². The number of aromatic nitrogens is 2. The second-order valence-electron chi connectivity index (χ2n) is 4.03. The highest BCUT2D eigenvalue weighted by Gasteiger charge is 2.18. The van der Waals surface area contributed by atoms with E-state index in [0.29, 0.717) is 23.2 Å². The van der Waals surface area contributed by atoms with Crippen LogP contribution in [0.3, 0.4) is 0 Å². The summed E-state index contributed by atoms with van der Waals surface area (Å²) in [7, 11) is 0. The predicted octanol–water partition coefficient (Wildman–Crippen LogP) is 2.49. The minimum atomic E-state index is -0.326. The minimum absolute atomic E-state index is 0.0842. The van der Waals surface area contributed by atoms with Crippen LogP contribution < -0.4 is 5.32 Å². The van der Waals surface area contributed by atoms with E-state index in [4.69, 9.17) is 4.42 Å². The number of carbonyl (C=O) groups excluding carboxylic acids is 1. The van der Waals surface area contributed by atoms with Gasteiger partial charge in [-0.05, 0) is 38.1 Å². The molecule has 1 N–H and O–H groups in total. The largest absolute Gasteiger partial charge is 0.411 e. The van der Waals surface area contributed by atoms with Gasteiger partial charge in [-0.2, -0.15) is 0 Å². The monoisotopic (exact) mass is 295 g/mol. The molecule has 0 spiro atoms. The van der Waals surface area contributed by atoms with Crippen LogP contribution in [0.2, 0.25) is 0 Å². The summed E-state index contributed by atoms with van der Waals surface area (Å²) in [6, 6.07) is 5.77. The lowest BCUT2D eigenvalue weighted by Crippen LogP contribution is -2.30. The van der Waals surface area contributed by atoms with Crippen LogP contribution in [0.15, 0.2) is 33.9 Å². The summed E-state index contributed by atoms with van der Waals surface area (Å²) in [5, 5.41) is 10.5. The van der Waals surface area contributed by atoms with Gasteiger partial charge in [0.2, 0.25) is 11.8 Å². The van der Waals surface area contributed by atoms with E-state index < -0.39 is 0 Å². The lowest BCUT2D eigenvalue weighted by atomic mass is 10.2. The summed E-state index contributed by atoms with van der Waals surface area (Å²) in [5.41, 5.74) is 0.636. The van der Waals surface area contributed by atoms with Crippen LogP contribution in [-0.4, -0.2) is 27.9 Å². The first-order chi connectivity index (χ1) is 9.60. The molecule has 7 heteroatoms. The molecule has 1 heterocycles. The zero-order valence-corrected chi connectivity index (χ0v) is 11.9. The summed E-state index contributed by atoms with van der Waals surface area (Å²) < 4.78 is 18.3. The normalized spacial score (nSPS) is 12.2. The van der Waals surface area contributed by atoms with Gasteiger partial charge < -0.3 is 9.73 Å². The first kappa shape index (κ1) is 14.5. The SMILES string of the molecule is CCNC(=O)[C@@H](C)Sc1nnc(-c2ccc(F)cc2)o1. The molecule has 2 rings (SSSR count). The van der Waals surface area contributed by atoms with Crippen molar-refractivity contribution >= 4 is 17.7 Å². The average molecular weight is 295 g/mol. The lowest BCUT2D eigenvalue weighted by Gasteiger charge is -2.07. The van der Waals surface area contributed by atoms with Crippen LogP contribution in [0, 0.1) is 5.82 Å². The van der Waals surface area contributed by atoms with Gasteiger partial charge in [0, 0.05) is 12.1 Å². The predicted molar refractivity (Wildman–Crippen MR) is 73.7 cm³/mol. The molecule has 0 unspecified atom stereocenters. The molecule has 0 bridgehead atoms. The number of thioether (sulfide) groups is 1. The Bertz CT molecular complexity index is 586. The van der Waals surface area contributed by atoms with E-state index in [1.54, 1.807) is 19.1 Å². The smallest absolute Gasteiger partial charge is 0.277 e. The van der Waals surface area contributed by atoms with Crippen molar-refractivity contribution in [2.24, 2.45) is 0 Å². The summed E-state index contributed by atoms with van der Waals surface area (Å²) in [5.74, 6) is -0.109. The molecule has 0 aliphatic heterocycles. The molecular weight excluding hydrogens is 281 g/mol. The van der Waals surface area contributed by atoms with E-state index in [2.05, 4.69) is 15.5 Å². The highest BCUT2D eigenvalue weighted by Crippen LogP contribution is 2.26. The van der Waals surface area contributed by atoms with Gasteiger partial charge in [-0.15, -0.1) is 10.2 Å². The Morgan fingerprint density at radius 1 is 1.40 bits per heavy atom. The van der Waals surface area contributed by atoms with E-state index in [1.165, 1.54) is 23.9 Å². The van der Waals surface area contributed by atoms with Gasteiger partial charge in [0.1, 0.15) is 5.82 Å². The van der Waals surface area contributed by atoms with Crippen LogP contribution >= 0.6 is 11.8 Å². The fourth-order valence-corrected chi connectivity index (χ4v) is 2.20.